The van der Waals surface area contributed by atoms with Gasteiger partial charge in [0.2, 0.25) is 0 Å². The molecular formula is C10H11F3N2. The maximum atomic E-state index is 13.1. The Morgan fingerprint density at radius 2 is 2.00 bits per heavy atom. The van der Waals surface area contributed by atoms with E-state index >= 15 is 0 Å². The Labute approximate surface area is 85.6 Å². The molecule has 82 valence electrons. The highest BCUT2D eigenvalue weighted by molar-refractivity contribution is 5.83. The van der Waals surface area contributed by atoms with E-state index in [1.165, 1.54) is 0 Å². The van der Waals surface area contributed by atoms with Crippen molar-refractivity contribution in [1.29, 1.82) is 0 Å². The third kappa shape index (κ3) is 2.97. The number of rotatable bonds is 3. The summed E-state index contributed by atoms with van der Waals surface area (Å²) in [4.78, 5) is 3.61. The number of hydrogen-bond acceptors (Lipinski definition) is 1. The summed E-state index contributed by atoms with van der Waals surface area (Å²) < 4.78 is 38.6. The number of nitrogens with zero attached hydrogens (tertiary/aromatic N) is 1. The fraction of sp³-hybridized carbons (Fsp3) is 0.300. The van der Waals surface area contributed by atoms with Crippen molar-refractivity contribution in [1.82, 2.24) is 0 Å². The quantitative estimate of drug-likeness (QED) is 0.471. The Bertz CT molecular complexity index is 388. The third-order valence-corrected chi connectivity index (χ3v) is 1.74. The summed E-state index contributed by atoms with van der Waals surface area (Å²) in [6.07, 6.45) is 1.19. The van der Waals surface area contributed by atoms with Crippen molar-refractivity contribution in [3.63, 3.8) is 0 Å². The molecule has 2 N–H and O–H groups in total. The van der Waals surface area contributed by atoms with Gasteiger partial charge in [-0.25, -0.2) is 18.2 Å². The molecule has 0 aromatic heterocycles. The third-order valence-electron chi connectivity index (χ3n) is 1.74. The predicted octanol–water partition coefficient (Wildman–Crippen LogP) is 2.89. The Morgan fingerprint density at radius 1 is 1.33 bits per heavy atom. The molecule has 0 aliphatic heterocycles. The summed E-state index contributed by atoms with van der Waals surface area (Å²) in [7, 11) is 0. The van der Waals surface area contributed by atoms with Crippen molar-refractivity contribution in [3.05, 3.63) is 29.6 Å². The van der Waals surface area contributed by atoms with E-state index in [1.54, 1.807) is 0 Å². The van der Waals surface area contributed by atoms with E-state index in [1.807, 2.05) is 6.92 Å². The van der Waals surface area contributed by atoms with E-state index < -0.39 is 23.1 Å². The molecule has 0 unspecified atom stereocenters. The van der Waals surface area contributed by atoms with Crippen LogP contribution in [0.3, 0.4) is 0 Å². The van der Waals surface area contributed by atoms with Crippen LogP contribution in [0.1, 0.15) is 19.8 Å². The van der Waals surface area contributed by atoms with E-state index in [-0.39, 0.29) is 5.84 Å². The molecule has 0 amide bonds. The van der Waals surface area contributed by atoms with E-state index in [2.05, 4.69) is 4.99 Å². The maximum absolute atomic E-state index is 13.1. The van der Waals surface area contributed by atoms with E-state index in [0.29, 0.717) is 12.5 Å². The van der Waals surface area contributed by atoms with Crippen LogP contribution < -0.4 is 5.73 Å². The van der Waals surface area contributed by atoms with E-state index in [4.69, 9.17) is 5.73 Å². The van der Waals surface area contributed by atoms with Crippen LogP contribution in [0.4, 0.5) is 18.9 Å². The van der Waals surface area contributed by atoms with Crippen molar-refractivity contribution in [2.45, 2.75) is 19.8 Å². The van der Waals surface area contributed by atoms with Gasteiger partial charge in [0.05, 0.1) is 5.84 Å². The van der Waals surface area contributed by atoms with Gasteiger partial charge in [0, 0.05) is 18.6 Å². The minimum Gasteiger partial charge on any atom is -0.387 e. The second-order valence-corrected chi connectivity index (χ2v) is 3.07. The molecule has 0 saturated heterocycles. The zero-order valence-corrected chi connectivity index (χ0v) is 8.23. The lowest BCUT2D eigenvalue weighted by atomic mass is 10.2. The molecule has 0 spiro atoms. The van der Waals surface area contributed by atoms with Crippen molar-refractivity contribution < 1.29 is 13.2 Å². The number of aliphatic imine (C=N–C) groups is 1. The van der Waals surface area contributed by atoms with Gasteiger partial charge in [0.1, 0.15) is 11.5 Å². The molecule has 0 heterocycles. The molecule has 15 heavy (non-hydrogen) atoms. The minimum atomic E-state index is -1.27. The molecule has 0 fully saturated rings. The van der Waals surface area contributed by atoms with Crippen LogP contribution in [0.5, 0.6) is 0 Å². The fourth-order valence-corrected chi connectivity index (χ4v) is 1.09. The molecular weight excluding hydrogens is 205 g/mol. The Morgan fingerprint density at radius 3 is 2.60 bits per heavy atom. The largest absolute Gasteiger partial charge is 0.387 e. The molecule has 0 radical (unpaired) electrons. The topological polar surface area (TPSA) is 38.4 Å². The van der Waals surface area contributed by atoms with Crippen LogP contribution in [-0.2, 0) is 0 Å². The first-order chi connectivity index (χ1) is 7.04. The fourth-order valence-electron chi connectivity index (χ4n) is 1.09. The summed E-state index contributed by atoms with van der Waals surface area (Å²) in [5.74, 6) is -3.17. The van der Waals surface area contributed by atoms with Gasteiger partial charge >= 0.3 is 0 Å². The summed E-state index contributed by atoms with van der Waals surface area (Å²) in [5, 5.41) is 0. The van der Waals surface area contributed by atoms with Gasteiger partial charge in [-0.15, -0.1) is 0 Å². The lowest BCUT2D eigenvalue weighted by molar-refractivity contribution is 0.497. The molecule has 0 aliphatic carbocycles. The van der Waals surface area contributed by atoms with Crippen molar-refractivity contribution in [3.8, 4) is 0 Å². The lowest BCUT2D eigenvalue weighted by Crippen LogP contribution is -2.10. The number of amidine groups is 1. The number of benzene rings is 1. The molecule has 2 nitrogen and oxygen atoms in total. The molecule has 0 atom stereocenters. The highest BCUT2D eigenvalue weighted by Gasteiger charge is 2.10. The van der Waals surface area contributed by atoms with Crippen LogP contribution in [0, 0.1) is 17.5 Å². The van der Waals surface area contributed by atoms with Crippen LogP contribution >= 0.6 is 0 Å². The first-order valence-electron chi connectivity index (χ1n) is 4.52. The zero-order valence-electron chi connectivity index (χ0n) is 8.23. The first-order valence-corrected chi connectivity index (χ1v) is 4.52. The first kappa shape index (κ1) is 11.6. The Kier molecular flexibility index (Phi) is 3.71. The van der Waals surface area contributed by atoms with Gasteiger partial charge in [-0.05, 0) is 6.42 Å². The Balaban J connectivity index is 3.09. The SMILES string of the molecule is CCCC(N)=Nc1cc(F)cc(F)c1F. The van der Waals surface area contributed by atoms with Gasteiger partial charge in [-0.3, -0.25) is 0 Å². The zero-order chi connectivity index (χ0) is 11.4. The van der Waals surface area contributed by atoms with E-state index in [9.17, 15) is 13.2 Å². The number of halogens is 3. The normalized spacial score (nSPS) is 11.9. The molecule has 1 rings (SSSR count). The predicted molar refractivity (Wildman–Crippen MR) is 52.5 cm³/mol. The standard InChI is InChI=1S/C10H11F3N2/c1-2-3-9(14)15-8-5-6(11)4-7(12)10(8)13/h4-5H,2-3H2,1H3,(H2,14,15). The average Bonchev–Trinajstić information content (AvgIpc) is 2.13. The summed E-state index contributed by atoms with van der Waals surface area (Å²) >= 11 is 0. The van der Waals surface area contributed by atoms with Crippen molar-refractivity contribution in [2.24, 2.45) is 10.7 Å². The maximum Gasteiger partial charge on any atom is 0.184 e. The van der Waals surface area contributed by atoms with Crippen molar-refractivity contribution in [2.75, 3.05) is 0 Å². The monoisotopic (exact) mass is 216 g/mol. The lowest BCUT2D eigenvalue weighted by Gasteiger charge is -2.01. The van der Waals surface area contributed by atoms with Crippen LogP contribution in [0.15, 0.2) is 17.1 Å². The Hall–Kier alpha value is -1.52. The number of hydrogen-bond donors (Lipinski definition) is 1. The second-order valence-electron chi connectivity index (χ2n) is 3.07. The molecule has 1 aromatic carbocycles. The molecule has 1 aromatic rings. The second kappa shape index (κ2) is 4.82. The molecule has 0 aliphatic rings. The van der Waals surface area contributed by atoms with Gasteiger partial charge < -0.3 is 5.73 Å². The van der Waals surface area contributed by atoms with Crippen LogP contribution in [-0.4, -0.2) is 5.84 Å². The number of nitrogens with two attached hydrogens (primary N) is 1. The molecule has 0 saturated carbocycles. The van der Waals surface area contributed by atoms with Gasteiger partial charge in [-0.2, -0.15) is 0 Å². The van der Waals surface area contributed by atoms with E-state index in [0.717, 1.165) is 12.5 Å². The van der Waals surface area contributed by atoms with Crippen LogP contribution in [0.25, 0.3) is 0 Å². The smallest absolute Gasteiger partial charge is 0.184 e. The highest BCUT2D eigenvalue weighted by Crippen LogP contribution is 2.22. The highest BCUT2D eigenvalue weighted by atomic mass is 19.2. The van der Waals surface area contributed by atoms with Crippen molar-refractivity contribution >= 4 is 11.5 Å². The summed E-state index contributed by atoms with van der Waals surface area (Å²) in [6, 6.07) is 1.27. The summed E-state index contributed by atoms with van der Waals surface area (Å²) in [5.41, 5.74) is 5.02. The van der Waals surface area contributed by atoms with Gasteiger partial charge in [-0.1, -0.05) is 6.92 Å². The minimum absolute atomic E-state index is 0.154. The van der Waals surface area contributed by atoms with Crippen LogP contribution in [0.2, 0.25) is 0 Å². The average molecular weight is 216 g/mol. The van der Waals surface area contributed by atoms with Gasteiger partial charge in [0.15, 0.2) is 11.6 Å². The molecule has 0 bridgehead atoms. The molecule has 5 heteroatoms. The van der Waals surface area contributed by atoms with Gasteiger partial charge in [0.25, 0.3) is 0 Å². The summed E-state index contributed by atoms with van der Waals surface area (Å²) in [6.45, 7) is 1.87.